The third-order valence-corrected chi connectivity index (χ3v) is 13.2. The molecule has 302 valence electrons. The number of allylic oxidation sites excluding steroid dienone is 4. The summed E-state index contributed by atoms with van der Waals surface area (Å²) in [6.45, 7) is 4.73. The van der Waals surface area contributed by atoms with Gasteiger partial charge in [-0.25, -0.2) is 0 Å². The lowest BCUT2D eigenvalue weighted by Gasteiger charge is -2.31. The molecule has 1 unspecified atom stereocenters. The van der Waals surface area contributed by atoms with Crippen molar-refractivity contribution in [1.29, 1.82) is 0 Å². The molecule has 2 nitrogen and oxygen atoms in total. The van der Waals surface area contributed by atoms with E-state index in [2.05, 4.69) is 260 Å². The van der Waals surface area contributed by atoms with Gasteiger partial charge in [-0.2, -0.15) is 0 Å². The van der Waals surface area contributed by atoms with Crippen molar-refractivity contribution in [2.24, 2.45) is 0 Å². The number of hydrogen-bond donors (Lipinski definition) is 0. The average molecular weight is 809 g/mol. The van der Waals surface area contributed by atoms with Gasteiger partial charge in [0.2, 0.25) is 0 Å². The molecule has 9 aromatic rings. The van der Waals surface area contributed by atoms with E-state index in [1.54, 1.807) is 0 Å². The summed E-state index contributed by atoms with van der Waals surface area (Å²) in [5.41, 5.74) is 18.4. The molecular weight excluding hydrogens is 761 g/mol. The maximum atomic E-state index is 2.46. The molecule has 9 aromatic carbocycles. The zero-order valence-electron chi connectivity index (χ0n) is 35.7. The van der Waals surface area contributed by atoms with Gasteiger partial charge in [-0.1, -0.05) is 196 Å². The molecule has 0 aromatic heterocycles. The van der Waals surface area contributed by atoms with Crippen LogP contribution in [0.1, 0.15) is 48.4 Å². The molecule has 0 heterocycles. The summed E-state index contributed by atoms with van der Waals surface area (Å²) in [5, 5.41) is 2.46. The fourth-order valence-electron chi connectivity index (χ4n) is 10.0. The predicted molar refractivity (Wildman–Crippen MR) is 267 cm³/mol. The maximum Gasteiger partial charge on any atom is 0.0540 e. The Morgan fingerprint density at radius 3 is 1.81 bits per heavy atom. The summed E-state index contributed by atoms with van der Waals surface area (Å²) < 4.78 is 0. The molecule has 11 rings (SSSR count). The van der Waals surface area contributed by atoms with Gasteiger partial charge in [-0.3, -0.25) is 0 Å². The van der Waals surface area contributed by atoms with Crippen LogP contribution in [0, 0.1) is 0 Å². The van der Waals surface area contributed by atoms with Crippen LogP contribution in [0.4, 0.5) is 34.1 Å². The molecule has 0 amide bonds. The van der Waals surface area contributed by atoms with Gasteiger partial charge in [0.1, 0.15) is 0 Å². The van der Waals surface area contributed by atoms with Gasteiger partial charge in [0.05, 0.1) is 11.4 Å². The van der Waals surface area contributed by atoms with E-state index in [0.717, 1.165) is 29.2 Å². The fourth-order valence-corrected chi connectivity index (χ4v) is 10.0. The highest BCUT2D eigenvalue weighted by atomic mass is 15.2. The molecule has 0 saturated heterocycles. The van der Waals surface area contributed by atoms with E-state index in [4.69, 9.17) is 0 Å². The van der Waals surface area contributed by atoms with Gasteiger partial charge in [-0.05, 0) is 111 Å². The number of anilines is 6. The van der Waals surface area contributed by atoms with Gasteiger partial charge < -0.3 is 9.80 Å². The Morgan fingerprint density at radius 1 is 0.429 bits per heavy atom. The Morgan fingerprint density at radius 2 is 1.02 bits per heavy atom. The SMILES string of the molecule is CC1(C)c2ccccc2-c2ccc(N(c3ccc(-c4ccccc4)cc3)c3ccccc3C3=CCC(c4ccccc4N(c4ccccc4)c4cccc5ccccc45)C=C3)cc21. The molecule has 2 heteroatoms. The van der Waals surface area contributed by atoms with Crippen molar-refractivity contribution in [3.05, 3.63) is 259 Å². The first-order valence-corrected chi connectivity index (χ1v) is 22.1. The predicted octanol–water partition coefficient (Wildman–Crippen LogP) is 16.9. The second-order valence-electron chi connectivity index (χ2n) is 17.3. The Kier molecular flexibility index (Phi) is 9.70. The molecule has 0 aliphatic heterocycles. The summed E-state index contributed by atoms with van der Waals surface area (Å²) in [4.78, 5) is 4.90. The van der Waals surface area contributed by atoms with E-state index in [-0.39, 0.29) is 11.3 Å². The van der Waals surface area contributed by atoms with Crippen LogP contribution >= 0.6 is 0 Å². The molecule has 0 fully saturated rings. The normalized spacial score (nSPS) is 14.8. The Labute approximate surface area is 371 Å². The minimum absolute atomic E-state index is 0.117. The van der Waals surface area contributed by atoms with Crippen molar-refractivity contribution in [3.8, 4) is 22.3 Å². The monoisotopic (exact) mass is 808 g/mol. The minimum atomic E-state index is -0.117. The fraction of sp³-hybridized carbons (Fsp3) is 0.0820. The van der Waals surface area contributed by atoms with Gasteiger partial charge in [-0.15, -0.1) is 0 Å². The minimum Gasteiger partial charge on any atom is -0.310 e. The second kappa shape index (κ2) is 16.0. The van der Waals surface area contributed by atoms with Gasteiger partial charge >= 0.3 is 0 Å². The molecule has 0 radical (unpaired) electrons. The lowest BCUT2D eigenvalue weighted by Crippen LogP contribution is -2.17. The lowest BCUT2D eigenvalue weighted by atomic mass is 9.82. The van der Waals surface area contributed by atoms with Crippen LogP contribution in [-0.2, 0) is 5.41 Å². The summed E-state index contributed by atoms with van der Waals surface area (Å²) in [5.74, 6) is 0.195. The molecule has 1 atom stereocenters. The highest BCUT2D eigenvalue weighted by Crippen LogP contribution is 2.52. The second-order valence-corrected chi connectivity index (χ2v) is 17.3. The molecule has 63 heavy (non-hydrogen) atoms. The van der Waals surface area contributed by atoms with Crippen molar-refractivity contribution in [3.63, 3.8) is 0 Å². The van der Waals surface area contributed by atoms with Crippen LogP contribution in [0.15, 0.2) is 237 Å². The van der Waals surface area contributed by atoms with Crippen LogP contribution in [0.3, 0.4) is 0 Å². The smallest absolute Gasteiger partial charge is 0.0540 e. The Bertz CT molecular complexity index is 3170. The molecular formula is C61H48N2. The highest BCUT2D eigenvalue weighted by Gasteiger charge is 2.36. The topological polar surface area (TPSA) is 6.48 Å². The number of para-hydroxylation sites is 3. The Balaban J connectivity index is 0.984. The lowest BCUT2D eigenvalue weighted by molar-refractivity contribution is 0.660. The van der Waals surface area contributed by atoms with Crippen LogP contribution in [-0.4, -0.2) is 0 Å². The van der Waals surface area contributed by atoms with E-state index in [9.17, 15) is 0 Å². The number of fused-ring (bicyclic) bond motifs is 4. The van der Waals surface area contributed by atoms with Gasteiger partial charge in [0.25, 0.3) is 0 Å². The van der Waals surface area contributed by atoms with E-state index in [0.29, 0.717) is 0 Å². The van der Waals surface area contributed by atoms with Crippen LogP contribution in [0.25, 0.3) is 38.6 Å². The van der Waals surface area contributed by atoms with Crippen LogP contribution in [0.2, 0.25) is 0 Å². The van der Waals surface area contributed by atoms with Crippen molar-refractivity contribution in [1.82, 2.24) is 0 Å². The largest absolute Gasteiger partial charge is 0.310 e. The standard InChI is InChI=1S/C61H48N2/c1-61(2)56-28-14-11-27-54(56)55-41-40-50(42-57(55)61)62(49-38-36-44(37-39-49)43-18-5-3-6-19-43)58-29-15-12-25-52(58)46-32-34-47(35-33-46)53-26-13-16-30-59(53)63(48-22-7-4-8-23-48)60-31-17-21-45-20-9-10-24-51(45)60/h3-34,36-42,47H,35H2,1-2H3. The van der Waals surface area contributed by atoms with Crippen LogP contribution < -0.4 is 9.80 Å². The van der Waals surface area contributed by atoms with Crippen molar-refractivity contribution >= 4 is 50.5 Å². The van der Waals surface area contributed by atoms with Crippen molar-refractivity contribution in [2.45, 2.75) is 31.6 Å². The van der Waals surface area contributed by atoms with E-state index in [1.165, 1.54) is 72.2 Å². The van der Waals surface area contributed by atoms with E-state index >= 15 is 0 Å². The summed E-state index contributed by atoms with van der Waals surface area (Å²) in [6.07, 6.45) is 8.11. The van der Waals surface area contributed by atoms with Gasteiger partial charge in [0, 0.05) is 45.0 Å². The summed E-state index contributed by atoms with van der Waals surface area (Å²) in [7, 11) is 0. The number of benzene rings is 9. The first-order chi connectivity index (χ1) is 31.0. The highest BCUT2D eigenvalue weighted by molar-refractivity contribution is 5.99. The first-order valence-electron chi connectivity index (χ1n) is 22.1. The zero-order valence-corrected chi connectivity index (χ0v) is 35.7. The maximum absolute atomic E-state index is 2.46. The van der Waals surface area contributed by atoms with Gasteiger partial charge in [0.15, 0.2) is 0 Å². The molecule has 0 saturated carbocycles. The third-order valence-electron chi connectivity index (χ3n) is 13.2. The number of nitrogens with zero attached hydrogens (tertiary/aromatic N) is 2. The van der Waals surface area contributed by atoms with Crippen LogP contribution in [0.5, 0.6) is 0 Å². The molecule has 0 N–H and O–H groups in total. The zero-order chi connectivity index (χ0) is 42.3. The summed E-state index contributed by atoms with van der Waals surface area (Å²) >= 11 is 0. The average Bonchev–Trinajstić information content (AvgIpc) is 3.58. The first kappa shape index (κ1) is 38.3. The molecule has 2 aliphatic carbocycles. The number of rotatable bonds is 9. The van der Waals surface area contributed by atoms with E-state index < -0.39 is 0 Å². The Hall–Kier alpha value is -7.68. The third kappa shape index (κ3) is 6.85. The molecule has 0 bridgehead atoms. The number of hydrogen-bond acceptors (Lipinski definition) is 2. The quantitative estimate of drug-likeness (QED) is 0.143. The van der Waals surface area contributed by atoms with Crippen molar-refractivity contribution < 1.29 is 0 Å². The molecule has 0 spiro atoms. The van der Waals surface area contributed by atoms with Crippen molar-refractivity contribution in [2.75, 3.05) is 9.80 Å². The van der Waals surface area contributed by atoms with E-state index in [1.807, 2.05) is 0 Å². The summed E-state index contributed by atoms with van der Waals surface area (Å²) in [6, 6.07) is 79.7. The molecule has 2 aliphatic rings.